The number of carbonyl (C=O) groups excluding carboxylic acids is 1. The Morgan fingerprint density at radius 3 is 2.64 bits per heavy atom. The Bertz CT molecular complexity index is 776. The minimum atomic E-state index is -0.573. The molecule has 22 heavy (non-hydrogen) atoms. The molecule has 0 aliphatic heterocycles. The molecule has 0 radical (unpaired) electrons. The van der Waals surface area contributed by atoms with Crippen molar-refractivity contribution in [1.29, 1.82) is 5.26 Å². The van der Waals surface area contributed by atoms with Gasteiger partial charge < -0.3 is 0 Å². The topological polar surface area (TPSA) is 108 Å². The Morgan fingerprint density at radius 2 is 2.00 bits per heavy atom. The molecule has 108 valence electrons. The van der Waals surface area contributed by atoms with E-state index in [9.17, 15) is 14.9 Å². The van der Waals surface area contributed by atoms with Gasteiger partial charge in [-0.1, -0.05) is 18.2 Å². The molecule has 7 heteroatoms. The second kappa shape index (κ2) is 6.76. The average molecular weight is 294 g/mol. The molecule has 2 aromatic carbocycles. The minimum Gasteiger partial charge on any atom is -0.267 e. The molecule has 0 aromatic heterocycles. The molecule has 0 atom stereocenters. The molecular weight excluding hydrogens is 284 g/mol. The van der Waals surface area contributed by atoms with Gasteiger partial charge in [-0.2, -0.15) is 10.4 Å². The van der Waals surface area contributed by atoms with E-state index in [2.05, 4.69) is 10.5 Å². The van der Waals surface area contributed by atoms with E-state index >= 15 is 0 Å². The first kappa shape index (κ1) is 14.9. The molecule has 2 aromatic rings. The molecule has 0 unspecified atom stereocenters. The van der Waals surface area contributed by atoms with Crippen molar-refractivity contribution in [2.24, 2.45) is 5.10 Å². The molecule has 2 rings (SSSR count). The Labute approximate surface area is 125 Å². The Hall–Kier alpha value is -3.53. The number of benzene rings is 2. The normalized spacial score (nSPS) is 10.1. The van der Waals surface area contributed by atoms with E-state index in [1.54, 1.807) is 24.3 Å². The van der Waals surface area contributed by atoms with Gasteiger partial charge in [0.05, 0.1) is 22.8 Å². The summed E-state index contributed by atoms with van der Waals surface area (Å²) in [5, 5.41) is 23.1. The van der Waals surface area contributed by atoms with Crippen molar-refractivity contribution in [3.63, 3.8) is 0 Å². The van der Waals surface area contributed by atoms with E-state index in [0.29, 0.717) is 11.1 Å². The van der Waals surface area contributed by atoms with Crippen LogP contribution in [0.15, 0.2) is 53.6 Å². The maximum Gasteiger partial charge on any atom is 0.271 e. The molecule has 0 heterocycles. The van der Waals surface area contributed by atoms with Crippen LogP contribution in [0.1, 0.15) is 21.5 Å². The number of rotatable bonds is 4. The van der Waals surface area contributed by atoms with Crippen LogP contribution in [-0.2, 0) is 0 Å². The number of nitrogens with one attached hydrogen (secondary N) is 1. The van der Waals surface area contributed by atoms with Crippen molar-refractivity contribution in [3.05, 3.63) is 75.3 Å². The van der Waals surface area contributed by atoms with Crippen LogP contribution in [0.4, 0.5) is 5.69 Å². The number of hydrogen-bond acceptors (Lipinski definition) is 5. The van der Waals surface area contributed by atoms with Crippen molar-refractivity contribution in [3.8, 4) is 6.07 Å². The number of nitrogens with zero attached hydrogens (tertiary/aromatic N) is 3. The fraction of sp³-hybridized carbons (Fsp3) is 0. The van der Waals surface area contributed by atoms with E-state index in [1.807, 2.05) is 6.07 Å². The monoisotopic (exact) mass is 294 g/mol. The zero-order valence-corrected chi connectivity index (χ0v) is 11.3. The van der Waals surface area contributed by atoms with Crippen LogP contribution < -0.4 is 5.43 Å². The highest BCUT2D eigenvalue weighted by Crippen LogP contribution is 2.12. The smallest absolute Gasteiger partial charge is 0.267 e. The predicted molar refractivity (Wildman–Crippen MR) is 79.3 cm³/mol. The van der Waals surface area contributed by atoms with Crippen LogP contribution in [0.25, 0.3) is 0 Å². The molecule has 0 saturated heterocycles. The van der Waals surface area contributed by atoms with Crippen LogP contribution in [0.2, 0.25) is 0 Å². The summed E-state index contributed by atoms with van der Waals surface area (Å²) in [6.45, 7) is 0. The van der Waals surface area contributed by atoms with Gasteiger partial charge in [0, 0.05) is 17.7 Å². The first-order chi connectivity index (χ1) is 10.6. The van der Waals surface area contributed by atoms with Crippen LogP contribution in [0, 0.1) is 21.4 Å². The standard InChI is InChI=1S/C15H10N4O3/c16-9-11-4-6-12(7-5-11)10-17-18-15(20)13-2-1-3-14(8-13)19(21)22/h1-8,10H,(H,18,20)/b17-10-. The first-order valence-electron chi connectivity index (χ1n) is 6.18. The van der Waals surface area contributed by atoms with Gasteiger partial charge >= 0.3 is 0 Å². The maximum atomic E-state index is 11.8. The molecular formula is C15H10N4O3. The van der Waals surface area contributed by atoms with E-state index in [1.165, 1.54) is 30.5 Å². The quantitative estimate of drug-likeness (QED) is 0.529. The number of nitro groups is 1. The zero-order chi connectivity index (χ0) is 15.9. The largest absolute Gasteiger partial charge is 0.271 e. The van der Waals surface area contributed by atoms with E-state index in [-0.39, 0.29) is 11.3 Å². The fourth-order valence-corrected chi connectivity index (χ4v) is 1.63. The SMILES string of the molecule is N#Cc1ccc(/C=N\NC(=O)c2cccc([N+](=O)[O-])c2)cc1. The van der Waals surface area contributed by atoms with Crippen molar-refractivity contribution < 1.29 is 9.72 Å². The summed E-state index contributed by atoms with van der Waals surface area (Å²) in [7, 11) is 0. The lowest BCUT2D eigenvalue weighted by molar-refractivity contribution is -0.384. The number of amides is 1. The van der Waals surface area contributed by atoms with Gasteiger partial charge in [0.2, 0.25) is 0 Å². The molecule has 7 nitrogen and oxygen atoms in total. The molecule has 0 saturated carbocycles. The third kappa shape index (κ3) is 3.74. The van der Waals surface area contributed by atoms with Gasteiger partial charge in [0.15, 0.2) is 0 Å². The van der Waals surface area contributed by atoms with Crippen molar-refractivity contribution >= 4 is 17.8 Å². The average Bonchev–Trinajstić information content (AvgIpc) is 2.55. The van der Waals surface area contributed by atoms with Gasteiger partial charge in [0.1, 0.15) is 0 Å². The second-order valence-corrected chi connectivity index (χ2v) is 4.24. The van der Waals surface area contributed by atoms with Gasteiger partial charge in [-0.15, -0.1) is 0 Å². The van der Waals surface area contributed by atoms with E-state index in [0.717, 1.165) is 0 Å². The molecule has 0 aliphatic rings. The summed E-state index contributed by atoms with van der Waals surface area (Å²) in [5.41, 5.74) is 3.50. The molecule has 0 spiro atoms. The third-order valence-corrected chi connectivity index (χ3v) is 2.74. The number of carbonyl (C=O) groups is 1. The lowest BCUT2D eigenvalue weighted by Gasteiger charge is -1.99. The Balaban J connectivity index is 2.03. The lowest BCUT2D eigenvalue weighted by Crippen LogP contribution is -2.17. The summed E-state index contributed by atoms with van der Waals surface area (Å²) in [4.78, 5) is 21.9. The number of nitriles is 1. The molecule has 1 amide bonds. The molecule has 0 bridgehead atoms. The van der Waals surface area contributed by atoms with Crippen molar-refractivity contribution in [2.45, 2.75) is 0 Å². The predicted octanol–water partition coefficient (Wildman–Crippen LogP) is 2.23. The lowest BCUT2D eigenvalue weighted by atomic mass is 10.2. The van der Waals surface area contributed by atoms with Gasteiger partial charge in [-0.3, -0.25) is 14.9 Å². The summed E-state index contributed by atoms with van der Waals surface area (Å²) >= 11 is 0. The van der Waals surface area contributed by atoms with Crippen molar-refractivity contribution in [2.75, 3.05) is 0 Å². The Morgan fingerprint density at radius 1 is 1.27 bits per heavy atom. The van der Waals surface area contributed by atoms with Crippen LogP contribution in [-0.4, -0.2) is 17.0 Å². The highest BCUT2D eigenvalue weighted by Gasteiger charge is 2.10. The number of hydrazone groups is 1. The molecule has 0 aliphatic carbocycles. The molecule has 1 N–H and O–H groups in total. The van der Waals surface area contributed by atoms with Gasteiger partial charge in [-0.25, -0.2) is 5.43 Å². The van der Waals surface area contributed by atoms with E-state index < -0.39 is 10.8 Å². The molecule has 0 fully saturated rings. The van der Waals surface area contributed by atoms with E-state index in [4.69, 9.17) is 5.26 Å². The number of non-ortho nitro benzene ring substituents is 1. The fourth-order valence-electron chi connectivity index (χ4n) is 1.63. The Kier molecular flexibility index (Phi) is 4.57. The van der Waals surface area contributed by atoms with Gasteiger partial charge in [0.25, 0.3) is 11.6 Å². The summed E-state index contributed by atoms with van der Waals surface area (Å²) in [6, 6.07) is 14.0. The van der Waals surface area contributed by atoms with Crippen LogP contribution in [0.3, 0.4) is 0 Å². The van der Waals surface area contributed by atoms with Gasteiger partial charge in [-0.05, 0) is 23.8 Å². The van der Waals surface area contributed by atoms with Crippen LogP contribution >= 0.6 is 0 Å². The van der Waals surface area contributed by atoms with Crippen LogP contribution in [0.5, 0.6) is 0 Å². The maximum absolute atomic E-state index is 11.8. The third-order valence-electron chi connectivity index (χ3n) is 2.74. The summed E-state index contributed by atoms with van der Waals surface area (Å²) in [5.74, 6) is -0.548. The first-order valence-corrected chi connectivity index (χ1v) is 6.18. The minimum absolute atomic E-state index is 0.145. The van der Waals surface area contributed by atoms with Crippen molar-refractivity contribution in [1.82, 2.24) is 5.43 Å². The second-order valence-electron chi connectivity index (χ2n) is 4.24. The number of hydrogen-bond donors (Lipinski definition) is 1. The zero-order valence-electron chi connectivity index (χ0n) is 11.3. The summed E-state index contributed by atoms with van der Waals surface area (Å²) in [6.07, 6.45) is 1.41. The highest BCUT2D eigenvalue weighted by molar-refractivity contribution is 5.95. The summed E-state index contributed by atoms with van der Waals surface area (Å²) < 4.78 is 0. The highest BCUT2D eigenvalue weighted by atomic mass is 16.6. The number of nitro benzene ring substituents is 1.